The summed E-state index contributed by atoms with van der Waals surface area (Å²) in [7, 11) is 0. The number of nitrogens with one attached hydrogen (secondary N) is 1. The second kappa shape index (κ2) is 8.11. The lowest BCUT2D eigenvalue weighted by molar-refractivity contribution is -0.123. The van der Waals surface area contributed by atoms with Crippen LogP contribution in [0.15, 0.2) is 58.1 Å². The van der Waals surface area contributed by atoms with Crippen molar-refractivity contribution in [3.05, 3.63) is 64.1 Å². The minimum atomic E-state index is -0.311. The Bertz CT molecular complexity index is 722. The van der Waals surface area contributed by atoms with Crippen molar-refractivity contribution < 1.29 is 9.53 Å². The maximum Gasteiger partial charge on any atom is 0.277 e. The minimum absolute atomic E-state index is 0.0601. The van der Waals surface area contributed by atoms with Gasteiger partial charge >= 0.3 is 0 Å². The highest BCUT2D eigenvalue weighted by Crippen LogP contribution is 2.31. The quantitative estimate of drug-likeness (QED) is 0.613. The molecule has 0 atom stereocenters. The van der Waals surface area contributed by atoms with Gasteiger partial charge < -0.3 is 4.74 Å². The maximum atomic E-state index is 11.8. The minimum Gasteiger partial charge on any atom is -0.483 e. The topological polar surface area (TPSA) is 50.7 Å². The van der Waals surface area contributed by atoms with E-state index in [0.29, 0.717) is 5.75 Å². The molecule has 5 heteroatoms. The Balaban J connectivity index is 1.87. The van der Waals surface area contributed by atoms with Gasteiger partial charge in [0, 0.05) is 0 Å². The number of halogens is 1. The van der Waals surface area contributed by atoms with E-state index in [0.717, 1.165) is 10.0 Å². The van der Waals surface area contributed by atoms with Gasteiger partial charge in [0.05, 0.1) is 10.7 Å². The fourth-order valence-corrected chi connectivity index (χ4v) is 2.47. The van der Waals surface area contributed by atoms with Gasteiger partial charge in [-0.15, -0.1) is 0 Å². The smallest absolute Gasteiger partial charge is 0.277 e. The molecule has 4 nitrogen and oxygen atoms in total. The molecule has 24 heavy (non-hydrogen) atoms. The molecule has 0 aromatic heterocycles. The second-order valence-corrected chi connectivity index (χ2v) is 7.24. The molecule has 0 aliphatic heterocycles. The van der Waals surface area contributed by atoms with Crippen molar-refractivity contribution in [3.63, 3.8) is 0 Å². The van der Waals surface area contributed by atoms with E-state index in [1.54, 1.807) is 6.21 Å². The van der Waals surface area contributed by atoms with Crippen molar-refractivity contribution in [2.45, 2.75) is 26.2 Å². The van der Waals surface area contributed by atoms with E-state index in [1.807, 2.05) is 48.5 Å². The van der Waals surface area contributed by atoms with Crippen LogP contribution in [-0.2, 0) is 10.2 Å². The Morgan fingerprint density at radius 2 is 1.92 bits per heavy atom. The Hall–Kier alpha value is -2.14. The molecule has 0 aliphatic carbocycles. The molecular weight excluding hydrogens is 368 g/mol. The highest BCUT2D eigenvalue weighted by Gasteiger charge is 2.15. The summed E-state index contributed by atoms with van der Waals surface area (Å²) in [6.45, 7) is 6.34. The predicted molar refractivity (Wildman–Crippen MR) is 101 cm³/mol. The first-order valence-electron chi connectivity index (χ1n) is 7.66. The number of carbonyl (C=O) groups excluding carboxylic acids is 1. The molecular formula is C19H21BrN2O2. The zero-order chi connectivity index (χ0) is 17.6. The molecule has 0 radical (unpaired) electrons. The Morgan fingerprint density at radius 3 is 2.54 bits per heavy atom. The van der Waals surface area contributed by atoms with Gasteiger partial charge in [-0.2, -0.15) is 5.10 Å². The summed E-state index contributed by atoms with van der Waals surface area (Å²) in [5.74, 6) is 0.319. The van der Waals surface area contributed by atoms with Gasteiger partial charge in [0.2, 0.25) is 0 Å². The maximum absolute atomic E-state index is 11.8. The van der Waals surface area contributed by atoms with Crippen molar-refractivity contribution in [2.75, 3.05) is 6.61 Å². The van der Waals surface area contributed by atoms with Gasteiger partial charge in [0.15, 0.2) is 6.61 Å². The van der Waals surface area contributed by atoms with Crippen molar-refractivity contribution in [1.82, 2.24) is 5.43 Å². The number of rotatable bonds is 5. The molecule has 1 N–H and O–H groups in total. The number of nitrogens with zero attached hydrogens (tertiary/aromatic N) is 1. The van der Waals surface area contributed by atoms with Crippen LogP contribution in [0.25, 0.3) is 0 Å². The van der Waals surface area contributed by atoms with E-state index in [9.17, 15) is 4.79 Å². The molecule has 0 heterocycles. The van der Waals surface area contributed by atoms with Gasteiger partial charge in [-0.3, -0.25) is 4.79 Å². The molecule has 0 saturated heterocycles. The number of ether oxygens (including phenoxy) is 1. The normalized spacial score (nSPS) is 11.5. The Kier molecular flexibility index (Phi) is 6.15. The Morgan fingerprint density at radius 1 is 1.21 bits per heavy atom. The number of hydrogen-bond donors (Lipinski definition) is 1. The van der Waals surface area contributed by atoms with Crippen molar-refractivity contribution in [2.24, 2.45) is 5.10 Å². The van der Waals surface area contributed by atoms with E-state index in [2.05, 4.69) is 47.2 Å². The molecule has 0 bridgehead atoms. The molecule has 0 saturated carbocycles. The highest BCUT2D eigenvalue weighted by molar-refractivity contribution is 9.10. The Labute approximate surface area is 151 Å². The van der Waals surface area contributed by atoms with E-state index < -0.39 is 0 Å². The van der Waals surface area contributed by atoms with Crippen LogP contribution < -0.4 is 10.2 Å². The number of benzene rings is 2. The standard InChI is InChI=1S/C19H21BrN2O2/c1-19(2,3)15-9-10-17(16(20)11-15)24-13-18(23)22-21-12-14-7-5-4-6-8-14/h4-12H,13H2,1-3H3,(H,22,23)/b21-12-. The first-order chi connectivity index (χ1) is 11.4. The van der Waals surface area contributed by atoms with E-state index in [1.165, 1.54) is 5.56 Å². The number of hydrazone groups is 1. The molecule has 0 spiro atoms. The highest BCUT2D eigenvalue weighted by atomic mass is 79.9. The summed E-state index contributed by atoms with van der Waals surface area (Å²) in [6.07, 6.45) is 1.59. The van der Waals surface area contributed by atoms with Gasteiger partial charge in [0.1, 0.15) is 5.75 Å². The SMILES string of the molecule is CC(C)(C)c1ccc(OCC(=O)N/N=C\c2ccccc2)c(Br)c1. The molecule has 2 rings (SSSR count). The lowest BCUT2D eigenvalue weighted by atomic mass is 9.87. The fourth-order valence-electron chi connectivity index (χ4n) is 1.98. The third-order valence-electron chi connectivity index (χ3n) is 3.36. The average molecular weight is 389 g/mol. The van der Waals surface area contributed by atoms with Gasteiger partial charge in [-0.1, -0.05) is 57.2 Å². The lowest BCUT2D eigenvalue weighted by Crippen LogP contribution is -2.24. The van der Waals surface area contributed by atoms with Crippen molar-refractivity contribution >= 4 is 28.1 Å². The lowest BCUT2D eigenvalue weighted by Gasteiger charge is -2.20. The van der Waals surface area contributed by atoms with Gasteiger partial charge in [-0.25, -0.2) is 5.43 Å². The largest absolute Gasteiger partial charge is 0.483 e. The molecule has 1 amide bonds. The van der Waals surface area contributed by atoms with Crippen LogP contribution in [0, 0.1) is 0 Å². The van der Waals surface area contributed by atoms with Crippen LogP contribution in [0.5, 0.6) is 5.75 Å². The van der Waals surface area contributed by atoms with Crippen LogP contribution in [0.2, 0.25) is 0 Å². The summed E-state index contributed by atoms with van der Waals surface area (Å²) in [4.78, 5) is 11.8. The summed E-state index contributed by atoms with van der Waals surface area (Å²) in [6, 6.07) is 15.4. The number of amides is 1. The monoisotopic (exact) mass is 388 g/mol. The van der Waals surface area contributed by atoms with Crippen LogP contribution in [-0.4, -0.2) is 18.7 Å². The third kappa shape index (κ3) is 5.49. The fraction of sp³-hybridized carbons (Fsp3) is 0.263. The zero-order valence-corrected chi connectivity index (χ0v) is 15.6. The third-order valence-corrected chi connectivity index (χ3v) is 3.98. The molecule has 0 fully saturated rings. The summed E-state index contributed by atoms with van der Waals surface area (Å²) in [5.41, 5.74) is 4.62. The predicted octanol–water partition coefficient (Wildman–Crippen LogP) is 4.28. The molecule has 2 aromatic carbocycles. The average Bonchev–Trinajstić information content (AvgIpc) is 2.54. The number of hydrogen-bond acceptors (Lipinski definition) is 3. The summed E-state index contributed by atoms with van der Waals surface area (Å²) >= 11 is 3.49. The first-order valence-corrected chi connectivity index (χ1v) is 8.45. The molecule has 0 unspecified atom stereocenters. The first kappa shape index (κ1) is 18.2. The van der Waals surface area contributed by atoms with Crippen molar-refractivity contribution in [1.29, 1.82) is 0 Å². The van der Waals surface area contributed by atoms with Crippen LogP contribution in [0.3, 0.4) is 0 Å². The van der Waals surface area contributed by atoms with Gasteiger partial charge in [-0.05, 0) is 44.6 Å². The number of carbonyl (C=O) groups is 1. The summed E-state index contributed by atoms with van der Waals surface area (Å²) < 4.78 is 6.37. The molecule has 126 valence electrons. The van der Waals surface area contributed by atoms with E-state index in [4.69, 9.17) is 4.74 Å². The zero-order valence-electron chi connectivity index (χ0n) is 14.0. The van der Waals surface area contributed by atoms with E-state index >= 15 is 0 Å². The summed E-state index contributed by atoms with van der Waals surface area (Å²) in [5, 5.41) is 3.91. The molecule has 0 aliphatic rings. The second-order valence-electron chi connectivity index (χ2n) is 6.39. The van der Waals surface area contributed by atoms with Crippen LogP contribution in [0.1, 0.15) is 31.9 Å². The van der Waals surface area contributed by atoms with E-state index in [-0.39, 0.29) is 17.9 Å². The molecule has 2 aromatic rings. The van der Waals surface area contributed by atoms with Crippen LogP contribution in [0.4, 0.5) is 0 Å². The van der Waals surface area contributed by atoms with Crippen molar-refractivity contribution in [3.8, 4) is 5.75 Å². The van der Waals surface area contributed by atoms with Crippen LogP contribution >= 0.6 is 15.9 Å². The van der Waals surface area contributed by atoms with Gasteiger partial charge in [0.25, 0.3) is 5.91 Å².